The van der Waals surface area contributed by atoms with Gasteiger partial charge >= 0.3 is 5.97 Å². The summed E-state index contributed by atoms with van der Waals surface area (Å²) in [5.41, 5.74) is 0. The number of rotatable bonds is 0. The van der Waals surface area contributed by atoms with Crippen molar-refractivity contribution < 1.29 is 29.1 Å². The van der Waals surface area contributed by atoms with Crippen LogP contribution in [0.2, 0.25) is 0 Å². The van der Waals surface area contributed by atoms with Crippen molar-refractivity contribution in [3.8, 4) is 0 Å². The second kappa shape index (κ2) is 5.05. The molecule has 6 heavy (non-hydrogen) atoms. The Morgan fingerprint density at radius 1 is 1.83 bits per heavy atom. The maximum absolute atomic E-state index is 9.47. The average Bonchev–Trinajstić information content (AvgIpc) is 1.38. The van der Waals surface area contributed by atoms with E-state index in [1.807, 2.05) is 0 Å². The molecule has 0 aromatic carbocycles. The third-order valence-corrected chi connectivity index (χ3v) is 0.166. The molecule has 0 rings (SSSR count). The first-order chi connectivity index (χ1) is 2.27. The van der Waals surface area contributed by atoms with Crippen LogP contribution in [0.15, 0.2) is 0 Å². The topological polar surface area (TPSA) is 52.3 Å². The summed E-state index contributed by atoms with van der Waals surface area (Å²) in [6.45, 7) is 1.24. The molecule has 0 saturated carbocycles. The zero-order valence-corrected chi connectivity index (χ0v) is 6.57. The molecule has 0 aromatic heterocycles. The van der Waals surface area contributed by atoms with Crippen molar-refractivity contribution >= 4 is 5.97 Å². The van der Waals surface area contributed by atoms with Gasteiger partial charge in [-0.3, -0.25) is 4.79 Å². The van der Waals surface area contributed by atoms with Crippen molar-refractivity contribution in [2.75, 3.05) is 0 Å². The predicted octanol–water partition coefficient (Wildman–Crippen LogP) is -0.579. The van der Waals surface area contributed by atoms with Crippen LogP contribution in [-0.2, 0) is 29.1 Å². The molecule has 0 heterocycles. The Balaban J connectivity index is 0. The Labute approximate surface area is 48.6 Å². The molecule has 0 saturated heterocycles. The average molecular weight is 140 g/mol. The minimum atomic E-state index is -0.468. The Morgan fingerprint density at radius 2 is 2.00 bits per heavy atom. The van der Waals surface area contributed by atoms with Gasteiger partial charge in [0.25, 0.3) is 0 Å². The van der Waals surface area contributed by atoms with Crippen molar-refractivity contribution in [3.05, 3.63) is 0 Å². The molecule has 0 spiro atoms. The maximum Gasteiger partial charge on any atom is 0.321 e. The Morgan fingerprint density at radius 3 is 2.00 bits per heavy atom. The number of hydrogen-bond acceptors (Lipinski definition) is 3. The second-order valence-electron chi connectivity index (χ2n) is 0.609. The smallest absolute Gasteiger partial charge is 0.321 e. The van der Waals surface area contributed by atoms with Crippen LogP contribution in [0.25, 0.3) is 0 Å². The normalized spacial score (nSPS) is 5.67. The summed E-state index contributed by atoms with van der Waals surface area (Å²) in [7, 11) is 0. The molecular formula is C2H5NO2Zn. The van der Waals surface area contributed by atoms with Crippen LogP contribution in [0.5, 0.6) is 0 Å². The monoisotopic (exact) mass is 139 g/mol. The summed E-state index contributed by atoms with van der Waals surface area (Å²) in [5, 5.41) is 0. The van der Waals surface area contributed by atoms with E-state index < -0.39 is 5.97 Å². The molecule has 0 fully saturated rings. The van der Waals surface area contributed by atoms with Crippen LogP contribution in [0, 0.1) is 0 Å². The molecule has 0 aromatic rings. The zero-order chi connectivity index (χ0) is 4.28. The van der Waals surface area contributed by atoms with Crippen LogP contribution in [-0.4, -0.2) is 5.97 Å². The van der Waals surface area contributed by atoms with Gasteiger partial charge in [0.15, 0.2) is 0 Å². The Hall–Kier alpha value is 0.0534. The van der Waals surface area contributed by atoms with Crippen LogP contribution in [0.3, 0.4) is 0 Å². The van der Waals surface area contributed by atoms with Crippen molar-refractivity contribution in [1.29, 1.82) is 0 Å². The van der Waals surface area contributed by atoms with Gasteiger partial charge in [0.1, 0.15) is 0 Å². The van der Waals surface area contributed by atoms with Crippen molar-refractivity contribution in [3.63, 3.8) is 0 Å². The van der Waals surface area contributed by atoms with E-state index in [4.69, 9.17) is 0 Å². The SMILES string of the molecule is CC(=O)ON.[Zn]. The molecular weight excluding hydrogens is 135 g/mol. The van der Waals surface area contributed by atoms with Crippen LogP contribution < -0.4 is 5.90 Å². The first kappa shape index (κ1) is 9.41. The molecule has 0 atom stereocenters. The number of carbonyl (C=O) groups excluding carboxylic acids is 1. The van der Waals surface area contributed by atoms with E-state index in [2.05, 4.69) is 10.7 Å². The van der Waals surface area contributed by atoms with Gasteiger partial charge in [-0.05, 0) is 0 Å². The Kier molecular flexibility index (Phi) is 7.92. The van der Waals surface area contributed by atoms with Crippen LogP contribution >= 0.6 is 0 Å². The van der Waals surface area contributed by atoms with E-state index in [1.54, 1.807) is 0 Å². The third-order valence-electron chi connectivity index (χ3n) is 0.166. The third kappa shape index (κ3) is 8.96. The minimum Gasteiger partial charge on any atom is -0.374 e. The fourth-order valence-electron chi connectivity index (χ4n) is 0. The van der Waals surface area contributed by atoms with E-state index in [1.165, 1.54) is 6.92 Å². The molecule has 2 N–H and O–H groups in total. The van der Waals surface area contributed by atoms with Crippen LogP contribution in [0.1, 0.15) is 6.92 Å². The van der Waals surface area contributed by atoms with E-state index in [0.717, 1.165) is 0 Å². The quantitative estimate of drug-likeness (QED) is 0.362. The summed E-state index contributed by atoms with van der Waals surface area (Å²) >= 11 is 0. The molecule has 0 unspecified atom stereocenters. The van der Waals surface area contributed by atoms with E-state index in [9.17, 15) is 4.79 Å². The van der Waals surface area contributed by atoms with Crippen molar-refractivity contribution in [2.24, 2.45) is 5.90 Å². The van der Waals surface area contributed by atoms with Gasteiger partial charge in [-0.2, -0.15) is 5.90 Å². The maximum atomic E-state index is 9.47. The molecule has 0 aliphatic carbocycles. The van der Waals surface area contributed by atoms with E-state index in [0.29, 0.717) is 0 Å². The molecule has 0 bridgehead atoms. The molecule has 4 heteroatoms. The molecule has 32 valence electrons. The summed E-state index contributed by atoms with van der Waals surface area (Å²) in [4.78, 5) is 13.1. The van der Waals surface area contributed by atoms with E-state index in [-0.39, 0.29) is 19.5 Å². The van der Waals surface area contributed by atoms with Gasteiger partial charge in [-0.25, -0.2) is 0 Å². The standard InChI is InChI=1S/C2H5NO2.Zn/c1-2(4)5-3;/h3H2,1H3;. The van der Waals surface area contributed by atoms with Gasteiger partial charge in [0.2, 0.25) is 0 Å². The predicted molar refractivity (Wildman–Crippen MR) is 16.0 cm³/mol. The number of hydrogen-bond donors (Lipinski definition) is 1. The van der Waals surface area contributed by atoms with Gasteiger partial charge in [0, 0.05) is 26.4 Å². The molecule has 0 radical (unpaired) electrons. The summed E-state index contributed by atoms with van der Waals surface area (Å²) in [6, 6.07) is 0. The first-order valence-corrected chi connectivity index (χ1v) is 1.14. The first-order valence-electron chi connectivity index (χ1n) is 1.14. The van der Waals surface area contributed by atoms with Gasteiger partial charge in [-0.15, -0.1) is 0 Å². The largest absolute Gasteiger partial charge is 0.374 e. The Bertz CT molecular complexity index is 46.8. The van der Waals surface area contributed by atoms with Crippen LogP contribution in [0.4, 0.5) is 0 Å². The molecule has 0 amide bonds. The number of nitrogens with two attached hydrogens (primary N) is 1. The fraction of sp³-hybridized carbons (Fsp3) is 0.500. The second-order valence-corrected chi connectivity index (χ2v) is 0.609. The summed E-state index contributed by atoms with van der Waals surface area (Å²) in [6.07, 6.45) is 0. The van der Waals surface area contributed by atoms with Gasteiger partial charge in [-0.1, -0.05) is 0 Å². The summed E-state index contributed by atoms with van der Waals surface area (Å²) < 4.78 is 0. The minimum absolute atomic E-state index is 0. The van der Waals surface area contributed by atoms with Crippen molar-refractivity contribution in [1.82, 2.24) is 0 Å². The molecule has 0 aliphatic rings. The molecule has 3 nitrogen and oxygen atoms in total. The zero-order valence-electron chi connectivity index (χ0n) is 3.60. The fourth-order valence-corrected chi connectivity index (χ4v) is 0. The number of carbonyl (C=O) groups is 1. The summed E-state index contributed by atoms with van der Waals surface area (Å²) in [5.74, 6) is 3.85. The van der Waals surface area contributed by atoms with E-state index >= 15 is 0 Å². The molecule has 0 aliphatic heterocycles. The van der Waals surface area contributed by atoms with Gasteiger partial charge in [0.05, 0.1) is 0 Å². The van der Waals surface area contributed by atoms with Crippen molar-refractivity contribution in [2.45, 2.75) is 6.92 Å². The van der Waals surface area contributed by atoms with Gasteiger partial charge < -0.3 is 4.84 Å².